The Morgan fingerprint density at radius 1 is 1.27 bits per heavy atom. The molecule has 2 fully saturated rings. The lowest BCUT2D eigenvalue weighted by Gasteiger charge is -2.32. The maximum Gasteiger partial charge on any atom is 0.244 e. The SMILES string of the molecule is CCS(=O)(=O)N1CC(NC(=O)Cc2c[nH]c3ccccc23)C(=O)NC2(CCCC2)C1. The molecule has 1 aromatic heterocycles. The molecule has 0 bridgehead atoms. The lowest BCUT2D eigenvalue weighted by Crippen LogP contribution is -2.54. The molecule has 2 amide bonds. The third kappa shape index (κ3) is 4.09. The van der Waals surface area contributed by atoms with Crippen molar-refractivity contribution in [2.75, 3.05) is 18.8 Å². The van der Waals surface area contributed by atoms with E-state index in [1.165, 1.54) is 4.31 Å². The number of aromatic nitrogens is 1. The summed E-state index contributed by atoms with van der Waals surface area (Å²) in [6, 6.07) is 6.78. The number of para-hydroxylation sites is 1. The van der Waals surface area contributed by atoms with Crippen LogP contribution in [0.4, 0.5) is 0 Å². The van der Waals surface area contributed by atoms with Gasteiger partial charge >= 0.3 is 0 Å². The Morgan fingerprint density at radius 3 is 2.73 bits per heavy atom. The third-order valence-electron chi connectivity index (χ3n) is 6.25. The smallest absolute Gasteiger partial charge is 0.244 e. The first-order chi connectivity index (χ1) is 14.3. The van der Waals surface area contributed by atoms with E-state index in [4.69, 9.17) is 0 Å². The number of H-pyrrole nitrogens is 1. The molecule has 30 heavy (non-hydrogen) atoms. The highest BCUT2D eigenvalue weighted by molar-refractivity contribution is 7.89. The monoisotopic (exact) mass is 432 g/mol. The number of carbonyl (C=O) groups is 2. The molecule has 1 saturated carbocycles. The fourth-order valence-electron chi connectivity index (χ4n) is 4.61. The van der Waals surface area contributed by atoms with E-state index in [9.17, 15) is 18.0 Å². The minimum absolute atomic E-state index is 0.0344. The molecule has 1 aliphatic carbocycles. The minimum Gasteiger partial charge on any atom is -0.361 e. The van der Waals surface area contributed by atoms with Crippen molar-refractivity contribution in [2.24, 2.45) is 0 Å². The number of fused-ring (bicyclic) bond motifs is 1. The molecule has 4 rings (SSSR count). The summed E-state index contributed by atoms with van der Waals surface area (Å²) in [5.74, 6) is -0.651. The van der Waals surface area contributed by atoms with Crippen LogP contribution in [0.15, 0.2) is 30.5 Å². The number of sulfonamides is 1. The van der Waals surface area contributed by atoms with Crippen molar-refractivity contribution in [3.05, 3.63) is 36.0 Å². The number of hydrogen-bond acceptors (Lipinski definition) is 4. The fraction of sp³-hybridized carbons (Fsp3) is 0.524. The van der Waals surface area contributed by atoms with Crippen molar-refractivity contribution in [1.82, 2.24) is 19.9 Å². The molecule has 1 unspecified atom stereocenters. The van der Waals surface area contributed by atoms with Gasteiger partial charge in [0.25, 0.3) is 0 Å². The second-order valence-corrected chi connectivity index (χ2v) is 10.6. The van der Waals surface area contributed by atoms with Crippen LogP contribution in [0.5, 0.6) is 0 Å². The second kappa shape index (κ2) is 8.03. The van der Waals surface area contributed by atoms with Crippen molar-refractivity contribution in [3.63, 3.8) is 0 Å². The molecule has 1 saturated heterocycles. The van der Waals surface area contributed by atoms with Crippen LogP contribution < -0.4 is 10.6 Å². The molecular formula is C21H28N4O4S. The van der Waals surface area contributed by atoms with Crippen LogP contribution in [-0.4, -0.2) is 59.9 Å². The van der Waals surface area contributed by atoms with E-state index in [0.29, 0.717) is 0 Å². The van der Waals surface area contributed by atoms with Crippen molar-refractivity contribution in [3.8, 4) is 0 Å². The molecule has 3 N–H and O–H groups in total. The topological polar surface area (TPSA) is 111 Å². The first-order valence-electron chi connectivity index (χ1n) is 10.5. The normalized spacial score (nSPS) is 22.2. The molecule has 2 heterocycles. The van der Waals surface area contributed by atoms with Gasteiger partial charge < -0.3 is 15.6 Å². The van der Waals surface area contributed by atoms with E-state index in [1.54, 1.807) is 13.1 Å². The van der Waals surface area contributed by atoms with Gasteiger partial charge in [0.05, 0.1) is 17.7 Å². The molecule has 162 valence electrons. The van der Waals surface area contributed by atoms with Crippen molar-refractivity contribution in [1.29, 1.82) is 0 Å². The van der Waals surface area contributed by atoms with Crippen LogP contribution in [-0.2, 0) is 26.0 Å². The molecule has 1 aliphatic heterocycles. The number of hydrogen-bond donors (Lipinski definition) is 3. The number of aromatic amines is 1. The highest BCUT2D eigenvalue weighted by atomic mass is 32.2. The molecule has 1 aromatic carbocycles. The van der Waals surface area contributed by atoms with E-state index in [0.717, 1.165) is 42.1 Å². The summed E-state index contributed by atoms with van der Waals surface area (Å²) in [7, 11) is -3.49. The van der Waals surface area contributed by atoms with Crippen LogP contribution >= 0.6 is 0 Å². The summed E-state index contributed by atoms with van der Waals surface area (Å²) in [6.45, 7) is 1.83. The Hall–Kier alpha value is -2.39. The largest absolute Gasteiger partial charge is 0.361 e. The maximum absolute atomic E-state index is 12.9. The molecule has 1 spiro atoms. The molecular weight excluding hydrogens is 404 g/mol. The summed E-state index contributed by atoms with van der Waals surface area (Å²) < 4.78 is 26.7. The average Bonchev–Trinajstić information content (AvgIpc) is 3.30. The summed E-state index contributed by atoms with van der Waals surface area (Å²) >= 11 is 0. The number of amides is 2. The quantitative estimate of drug-likeness (QED) is 0.661. The van der Waals surface area contributed by atoms with Crippen molar-refractivity contribution < 1.29 is 18.0 Å². The summed E-state index contributed by atoms with van der Waals surface area (Å²) in [5, 5.41) is 6.79. The highest BCUT2D eigenvalue weighted by Gasteiger charge is 2.44. The Balaban J connectivity index is 1.53. The fourth-order valence-corrected chi connectivity index (χ4v) is 5.80. The van der Waals surface area contributed by atoms with Gasteiger partial charge in [-0.25, -0.2) is 8.42 Å². The van der Waals surface area contributed by atoms with E-state index < -0.39 is 21.6 Å². The predicted molar refractivity (Wildman–Crippen MR) is 114 cm³/mol. The van der Waals surface area contributed by atoms with Crippen molar-refractivity contribution in [2.45, 2.75) is 50.6 Å². The van der Waals surface area contributed by atoms with E-state index in [1.807, 2.05) is 24.3 Å². The zero-order valence-electron chi connectivity index (χ0n) is 17.1. The van der Waals surface area contributed by atoms with Gasteiger partial charge in [0.2, 0.25) is 21.8 Å². The van der Waals surface area contributed by atoms with Gasteiger partial charge in [0.1, 0.15) is 6.04 Å². The standard InChI is InChI=1S/C21H28N4O4S/c1-2-30(28,29)25-13-18(20(27)24-21(14-25)9-5-6-10-21)23-19(26)11-15-12-22-17-8-4-3-7-16(15)17/h3-4,7-8,12,18,22H,2,5-6,9-11,13-14H2,1H3,(H,23,26)(H,24,27). The maximum atomic E-state index is 12.9. The zero-order chi connectivity index (χ0) is 21.4. The number of nitrogens with one attached hydrogen (secondary N) is 3. The minimum atomic E-state index is -3.49. The average molecular weight is 433 g/mol. The van der Waals surface area contributed by atoms with Crippen LogP contribution in [0.2, 0.25) is 0 Å². The Kier molecular flexibility index (Phi) is 5.59. The van der Waals surface area contributed by atoms with Crippen LogP contribution in [0.25, 0.3) is 10.9 Å². The van der Waals surface area contributed by atoms with E-state index in [2.05, 4.69) is 15.6 Å². The van der Waals surface area contributed by atoms with Gasteiger partial charge in [-0.1, -0.05) is 31.0 Å². The summed E-state index contributed by atoms with van der Waals surface area (Å²) in [4.78, 5) is 28.8. The molecule has 1 atom stereocenters. The molecule has 8 nitrogen and oxygen atoms in total. The first-order valence-corrected chi connectivity index (χ1v) is 12.1. The Labute approximate surface area is 176 Å². The van der Waals surface area contributed by atoms with Gasteiger partial charge in [0, 0.05) is 30.2 Å². The van der Waals surface area contributed by atoms with Gasteiger partial charge in [-0.3, -0.25) is 9.59 Å². The molecule has 9 heteroatoms. The van der Waals surface area contributed by atoms with Crippen molar-refractivity contribution >= 4 is 32.7 Å². The first kappa shape index (κ1) is 20.9. The summed E-state index contributed by atoms with van der Waals surface area (Å²) in [5.41, 5.74) is 1.24. The van der Waals surface area contributed by atoms with E-state index in [-0.39, 0.29) is 37.1 Å². The lowest BCUT2D eigenvalue weighted by molar-refractivity contribution is -0.129. The molecule has 2 aromatic rings. The number of nitrogens with zero attached hydrogens (tertiary/aromatic N) is 1. The lowest BCUT2D eigenvalue weighted by atomic mass is 9.98. The van der Waals surface area contributed by atoms with Gasteiger partial charge in [-0.2, -0.15) is 4.31 Å². The molecule has 0 radical (unpaired) electrons. The van der Waals surface area contributed by atoms with Gasteiger partial charge in [-0.05, 0) is 31.4 Å². The van der Waals surface area contributed by atoms with Crippen LogP contribution in [0.3, 0.4) is 0 Å². The molecule has 2 aliphatic rings. The number of benzene rings is 1. The van der Waals surface area contributed by atoms with Gasteiger partial charge in [-0.15, -0.1) is 0 Å². The Bertz CT molecular complexity index is 1060. The van der Waals surface area contributed by atoms with E-state index >= 15 is 0 Å². The summed E-state index contributed by atoms with van der Waals surface area (Å²) in [6.07, 6.45) is 5.32. The van der Waals surface area contributed by atoms with Crippen LogP contribution in [0.1, 0.15) is 38.2 Å². The Morgan fingerprint density at radius 2 is 2.00 bits per heavy atom. The highest BCUT2D eigenvalue weighted by Crippen LogP contribution is 2.32. The zero-order valence-corrected chi connectivity index (χ0v) is 17.9. The van der Waals surface area contributed by atoms with Gasteiger partial charge in [0.15, 0.2) is 0 Å². The second-order valence-electron chi connectivity index (χ2n) is 8.33. The predicted octanol–water partition coefficient (Wildman–Crippen LogP) is 1.29. The number of carbonyl (C=O) groups excluding carboxylic acids is 2. The third-order valence-corrected chi connectivity index (χ3v) is 8.04. The van der Waals surface area contributed by atoms with Crippen LogP contribution in [0, 0.1) is 0 Å². The number of rotatable bonds is 5.